The first-order valence-corrected chi connectivity index (χ1v) is 6.98. The van der Waals surface area contributed by atoms with Crippen molar-refractivity contribution in [3.05, 3.63) is 36.0 Å². The molecule has 0 aromatic carbocycles. The van der Waals surface area contributed by atoms with Crippen molar-refractivity contribution >= 4 is 11.0 Å². The SMILES string of the molecule is Cc1cc(-c2cnc(C(C)(C)C)nc2)nc2nn(C)cc12. The maximum Gasteiger partial charge on any atom is 0.181 e. The molecule has 0 N–H and O–H groups in total. The third kappa shape index (κ3) is 2.51. The summed E-state index contributed by atoms with van der Waals surface area (Å²) in [6.45, 7) is 8.37. The Kier molecular flexibility index (Phi) is 3.01. The molecule has 3 aromatic heterocycles. The van der Waals surface area contributed by atoms with Crippen molar-refractivity contribution in [3.63, 3.8) is 0 Å². The lowest BCUT2D eigenvalue weighted by atomic mass is 9.95. The minimum Gasteiger partial charge on any atom is -0.273 e. The van der Waals surface area contributed by atoms with Crippen molar-refractivity contribution in [2.24, 2.45) is 7.05 Å². The van der Waals surface area contributed by atoms with E-state index in [1.165, 1.54) is 0 Å². The van der Waals surface area contributed by atoms with E-state index in [0.717, 1.165) is 33.7 Å². The van der Waals surface area contributed by atoms with E-state index < -0.39 is 0 Å². The average Bonchev–Trinajstić information content (AvgIpc) is 2.79. The van der Waals surface area contributed by atoms with E-state index in [-0.39, 0.29) is 5.41 Å². The van der Waals surface area contributed by atoms with Crippen LogP contribution in [0.1, 0.15) is 32.2 Å². The zero-order valence-electron chi connectivity index (χ0n) is 13.0. The molecule has 0 unspecified atom stereocenters. The normalized spacial score (nSPS) is 12.0. The van der Waals surface area contributed by atoms with Gasteiger partial charge in [-0.05, 0) is 18.6 Å². The van der Waals surface area contributed by atoms with Crippen LogP contribution in [0.2, 0.25) is 0 Å². The number of aryl methyl sites for hydroxylation is 2. The van der Waals surface area contributed by atoms with Crippen LogP contribution in [-0.2, 0) is 12.5 Å². The molecule has 108 valence electrons. The Morgan fingerprint density at radius 3 is 2.38 bits per heavy atom. The van der Waals surface area contributed by atoms with E-state index in [1.54, 1.807) is 4.68 Å². The van der Waals surface area contributed by atoms with Gasteiger partial charge in [-0.2, -0.15) is 5.10 Å². The number of rotatable bonds is 1. The molecule has 0 amide bonds. The Bertz CT molecular complexity index is 794. The van der Waals surface area contributed by atoms with Gasteiger partial charge in [-0.15, -0.1) is 0 Å². The number of hydrogen-bond acceptors (Lipinski definition) is 4. The standard InChI is InChI=1S/C16H19N5/c1-10-6-13(19-14-12(10)9-21(5)20-14)11-7-17-15(18-8-11)16(2,3)4/h6-9H,1-5H3. The highest BCUT2D eigenvalue weighted by Gasteiger charge is 2.17. The molecule has 0 aliphatic carbocycles. The van der Waals surface area contributed by atoms with Crippen LogP contribution in [0, 0.1) is 6.92 Å². The summed E-state index contributed by atoms with van der Waals surface area (Å²) in [4.78, 5) is 13.5. The largest absolute Gasteiger partial charge is 0.273 e. The maximum atomic E-state index is 4.61. The molecule has 0 fully saturated rings. The van der Waals surface area contributed by atoms with Crippen LogP contribution in [0.5, 0.6) is 0 Å². The molecular weight excluding hydrogens is 262 g/mol. The highest BCUT2D eigenvalue weighted by molar-refractivity contribution is 5.81. The van der Waals surface area contributed by atoms with Crippen LogP contribution in [0.3, 0.4) is 0 Å². The van der Waals surface area contributed by atoms with Gasteiger partial charge < -0.3 is 0 Å². The predicted molar refractivity (Wildman–Crippen MR) is 83.0 cm³/mol. The van der Waals surface area contributed by atoms with Crippen LogP contribution in [0.4, 0.5) is 0 Å². The first-order chi connectivity index (χ1) is 9.84. The summed E-state index contributed by atoms with van der Waals surface area (Å²) in [6.07, 6.45) is 5.66. The fourth-order valence-corrected chi connectivity index (χ4v) is 2.26. The average molecular weight is 281 g/mol. The van der Waals surface area contributed by atoms with E-state index in [1.807, 2.05) is 25.6 Å². The quantitative estimate of drug-likeness (QED) is 0.688. The van der Waals surface area contributed by atoms with Crippen LogP contribution < -0.4 is 0 Å². The molecule has 0 saturated carbocycles. The molecular formula is C16H19N5. The fourth-order valence-electron chi connectivity index (χ4n) is 2.26. The van der Waals surface area contributed by atoms with Crippen LogP contribution >= 0.6 is 0 Å². The van der Waals surface area contributed by atoms with Crippen molar-refractivity contribution in [1.29, 1.82) is 0 Å². The first kappa shape index (κ1) is 13.7. The van der Waals surface area contributed by atoms with E-state index >= 15 is 0 Å². The van der Waals surface area contributed by atoms with Gasteiger partial charge >= 0.3 is 0 Å². The number of pyridine rings is 1. The Balaban J connectivity index is 2.08. The van der Waals surface area contributed by atoms with Gasteiger partial charge in [0, 0.05) is 42.0 Å². The van der Waals surface area contributed by atoms with Crippen molar-refractivity contribution in [1.82, 2.24) is 24.7 Å². The van der Waals surface area contributed by atoms with Crippen molar-refractivity contribution in [2.75, 3.05) is 0 Å². The van der Waals surface area contributed by atoms with Gasteiger partial charge in [0.1, 0.15) is 5.82 Å². The second-order valence-electron chi connectivity index (χ2n) is 6.41. The second kappa shape index (κ2) is 4.62. The molecule has 0 saturated heterocycles. The summed E-state index contributed by atoms with van der Waals surface area (Å²) in [7, 11) is 1.90. The molecule has 5 nitrogen and oxygen atoms in total. The van der Waals surface area contributed by atoms with E-state index in [2.05, 4.69) is 53.8 Å². The summed E-state index contributed by atoms with van der Waals surface area (Å²) in [6, 6.07) is 2.06. The smallest absolute Gasteiger partial charge is 0.181 e. The third-order valence-electron chi connectivity index (χ3n) is 3.43. The summed E-state index contributed by atoms with van der Waals surface area (Å²) in [5, 5.41) is 5.46. The van der Waals surface area contributed by atoms with E-state index in [9.17, 15) is 0 Å². The zero-order valence-corrected chi connectivity index (χ0v) is 13.0. The van der Waals surface area contributed by atoms with Gasteiger partial charge in [0.2, 0.25) is 0 Å². The lowest BCUT2D eigenvalue weighted by Crippen LogP contribution is -2.15. The summed E-state index contributed by atoms with van der Waals surface area (Å²) in [5.41, 5.74) is 3.64. The molecule has 0 aliphatic rings. The molecule has 0 radical (unpaired) electrons. The van der Waals surface area contributed by atoms with Gasteiger partial charge in [0.05, 0.1) is 5.69 Å². The van der Waals surface area contributed by atoms with E-state index in [0.29, 0.717) is 0 Å². The minimum atomic E-state index is -0.0488. The topological polar surface area (TPSA) is 56.5 Å². The predicted octanol–water partition coefficient (Wildman–Crippen LogP) is 3.03. The fraction of sp³-hybridized carbons (Fsp3) is 0.375. The van der Waals surface area contributed by atoms with Crippen LogP contribution in [-0.4, -0.2) is 24.7 Å². The summed E-state index contributed by atoms with van der Waals surface area (Å²) >= 11 is 0. The lowest BCUT2D eigenvalue weighted by Gasteiger charge is -2.16. The minimum absolute atomic E-state index is 0.0488. The van der Waals surface area contributed by atoms with Gasteiger partial charge in [0.25, 0.3) is 0 Å². The lowest BCUT2D eigenvalue weighted by molar-refractivity contribution is 0.545. The highest BCUT2D eigenvalue weighted by Crippen LogP contribution is 2.24. The Labute approximate surface area is 124 Å². The molecule has 0 bridgehead atoms. The first-order valence-electron chi connectivity index (χ1n) is 6.98. The molecule has 21 heavy (non-hydrogen) atoms. The Morgan fingerprint density at radius 2 is 1.76 bits per heavy atom. The second-order valence-corrected chi connectivity index (χ2v) is 6.41. The monoisotopic (exact) mass is 281 g/mol. The molecule has 3 heterocycles. The summed E-state index contributed by atoms with van der Waals surface area (Å²) < 4.78 is 1.79. The van der Waals surface area contributed by atoms with Gasteiger partial charge in [-0.1, -0.05) is 20.8 Å². The summed E-state index contributed by atoms with van der Waals surface area (Å²) in [5.74, 6) is 0.835. The molecule has 3 rings (SSSR count). The number of aromatic nitrogens is 5. The molecule has 0 atom stereocenters. The maximum absolute atomic E-state index is 4.61. The van der Waals surface area contributed by atoms with E-state index in [4.69, 9.17) is 0 Å². The number of nitrogens with zero attached hydrogens (tertiary/aromatic N) is 5. The van der Waals surface area contributed by atoms with Crippen molar-refractivity contribution < 1.29 is 0 Å². The van der Waals surface area contributed by atoms with Crippen molar-refractivity contribution in [3.8, 4) is 11.3 Å². The van der Waals surface area contributed by atoms with Crippen LogP contribution in [0.25, 0.3) is 22.3 Å². The number of hydrogen-bond donors (Lipinski definition) is 0. The van der Waals surface area contributed by atoms with Gasteiger partial charge in [-0.25, -0.2) is 15.0 Å². The molecule has 0 spiro atoms. The molecule has 0 aliphatic heterocycles. The number of fused-ring (bicyclic) bond motifs is 1. The molecule has 3 aromatic rings. The third-order valence-corrected chi connectivity index (χ3v) is 3.43. The zero-order chi connectivity index (χ0) is 15.2. The van der Waals surface area contributed by atoms with Gasteiger partial charge in [-0.3, -0.25) is 4.68 Å². The van der Waals surface area contributed by atoms with Crippen LogP contribution in [0.15, 0.2) is 24.7 Å². The van der Waals surface area contributed by atoms with Gasteiger partial charge in [0.15, 0.2) is 5.65 Å². The Morgan fingerprint density at radius 1 is 1.10 bits per heavy atom. The van der Waals surface area contributed by atoms with Crippen molar-refractivity contribution in [2.45, 2.75) is 33.1 Å². The molecule has 5 heteroatoms. The Hall–Kier alpha value is -2.30. The highest BCUT2D eigenvalue weighted by atomic mass is 15.3.